The second-order valence-electron chi connectivity index (χ2n) is 7.50. The highest BCUT2D eigenvalue weighted by molar-refractivity contribution is 6.35. The minimum Gasteiger partial charge on any atom is -0.489 e. The van der Waals surface area contributed by atoms with Crippen LogP contribution in [0.1, 0.15) is 35.1 Å². The summed E-state index contributed by atoms with van der Waals surface area (Å²) in [4.78, 5) is 9.99. The first-order valence-electron chi connectivity index (χ1n) is 10.1. The van der Waals surface area contributed by atoms with Crippen molar-refractivity contribution < 1.29 is 9.13 Å². The molecule has 3 heterocycles. The van der Waals surface area contributed by atoms with E-state index in [9.17, 15) is 9.65 Å². The van der Waals surface area contributed by atoms with Gasteiger partial charge in [0.2, 0.25) is 5.95 Å². The van der Waals surface area contributed by atoms with E-state index in [0.717, 1.165) is 32.1 Å². The predicted molar refractivity (Wildman–Crippen MR) is 126 cm³/mol. The number of ether oxygens (including phenoxy) is 1. The molecule has 1 aliphatic heterocycles. The number of halogens is 3. The van der Waals surface area contributed by atoms with Crippen molar-refractivity contribution in [1.82, 2.24) is 9.97 Å². The van der Waals surface area contributed by atoms with Gasteiger partial charge >= 0.3 is 0 Å². The number of nitrogens with one attached hydrogen (secondary N) is 1. The quantitative estimate of drug-likeness (QED) is 0.290. The van der Waals surface area contributed by atoms with Crippen LogP contribution in [-0.2, 0) is 6.61 Å². The SMILES string of the molecule is N#Cc1cc(C(=N)c2cc(OCc3c(Cl)cnc(F)c3Cl)ccc2N)cnc1N1CCCC1. The maximum Gasteiger partial charge on any atom is 0.232 e. The second-order valence-corrected chi connectivity index (χ2v) is 8.29. The lowest BCUT2D eigenvalue weighted by Crippen LogP contribution is -2.20. The molecule has 3 N–H and O–H groups in total. The summed E-state index contributed by atoms with van der Waals surface area (Å²) in [6.07, 6.45) is 4.87. The van der Waals surface area contributed by atoms with Crippen molar-refractivity contribution in [2.24, 2.45) is 0 Å². The Hall–Kier alpha value is -3.41. The number of hydrogen-bond acceptors (Lipinski definition) is 7. The van der Waals surface area contributed by atoms with Gasteiger partial charge < -0.3 is 15.4 Å². The van der Waals surface area contributed by atoms with Crippen LogP contribution in [0.15, 0.2) is 36.7 Å². The number of aromatic nitrogens is 2. The van der Waals surface area contributed by atoms with E-state index in [1.807, 2.05) is 0 Å². The fourth-order valence-electron chi connectivity index (χ4n) is 3.62. The molecular weight excluding hydrogens is 466 g/mol. The first kappa shape index (κ1) is 22.8. The Kier molecular flexibility index (Phi) is 6.63. The summed E-state index contributed by atoms with van der Waals surface area (Å²) in [7, 11) is 0. The molecule has 0 amide bonds. The summed E-state index contributed by atoms with van der Waals surface area (Å²) in [6.45, 7) is 1.62. The van der Waals surface area contributed by atoms with Crippen molar-refractivity contribution in [3.05, 3.63) is 74.9 Å². The van der Waals surface area contributed by atoms with Crippen LogP contribution >= 0.6 is 23.2 Å². The summed E-state index contributed by atoms with van der Waals surface area (Å²) < 4.78 is 19.4. The van der Waals surface area contributed by atoms with E-state index < -0.39 is 5.95 Å². The molecule has 4 rings (SSSR count). The maximum absolute atomic E-state index is 13.7. The Labute approximate surface area is 200 Å². The van der Waals surface area contributed by atoms with Crippen LogP contribution in [0, 0.1) is 22.7 Å². The number of pyridine rings is 2. The van der Waals surface area contributed by atoms with Gasteiger partial charge in [0.15, 0.2) is 0 Å². The van der Waals surface area contributed by atoms with Crippen LogP contribution in [0.25, 0.3) is 0 Å². The number of anilines is 2. The van der Waals surface area contributed by atoms with Gasteiger partial charge in [-0.15, -0.1) is 0 Å². The third-order valence-electron chi connectivity index (χ3n) is 5.38. The first-order valence-corrected chi connectivity index (χ1v) is 10.9. The zero-order valence-electron chi connectivity index (χ0n) is 17.4. The molecule has 1 saturated heterocycles. The highest BCUT2D eigenvalue weighted by Crippen LogP contribution is 2.29. The molecule has 168 valence electrons. The molecule has 1 aromatic carbocycles. The van der Waals surface area contributed by atoms with Gasteiger partial charge in [0.1, 0.15) is 29.3 Å². The molecule has 1 aliphatic rings. The van der Waals surface area contributed by atoms with Crippen molar-refractivity contribution in [3.8, 4) is 11.8 Å². The lowest BCUT2D eigenvalue weighted by molar-refractivity contribution is 0.305. The molecule has 33 heavy (non-hydrogen) atoms. The summed E-state index contributed by atoms with van der Waals surface area (Å²) in [6, 6.07) is 8.65. The number of nitriles is 1. The Balaban J connectivity index is 1.58. The predicted octanol–water partition coefficient (Wildman–Crippen LogP) is 4.97. The smallest absolute Gasteiger partial charge is 0.232 e. The van der Waals surface area contributed by atoms with Crippen LogP contribution in [0.4, 0.5) is 15.9 Å². The lowest BCUT2D eigenvalue weighted by Gasteiger charge is -2.18. The molecule has 0 atom stereocenters. The van der Waals surface area contributed by atoms with Crippen LogP contribution in [0.5, 0.6) is 5.75 Å². The van der Waals surface area contributed by atoms with E-state index in [-0.39, 0.29) is 27.9 Å². The second kappa shape index (κ2) is 9.61. The van der Waals surface area contributed by atoms with Crippen molar-refractivity contribution in [3.63, 3.8) is 0 Å². The van der Waals surface area contributed by atoms with E-state index in [2.05, 4.69) is 20.9 Å². The number of benzene rings is 1. The van der Waals surface area contributed by atoms with Gasteiger partial charge in [0.05, 0.1) is 16.3 Å². The van der Waals surface area contributed by atoms with Crippen molar-refractivity contribution >= 4 is 40.4 Å². The third-order valence-corrected chi connectivity index (χ3v) is 6.09. The first-order chi connectivity index (χ1) is 15.9. The largest absolute Gasteiger partial charge is 0.489 e. The number of nitrogens with zero attached hydrogens (tertiary/aromatic N) is 4. The van der Waals surface area contributed by atoms with Gasteiger partial charge in [0.25, 0.3) is 0 Å². The van der Waals surface area contributed by atoms with Crippen LogP contribution in [0.2, 0.25) is 10.0 Å². The Morgan fingerprint density at radius 2 is 1.97 bits per heavy atom. The van der Waals surface area contributed by atoms with Gasteiger partial charge in [-0.05, 0) is 37.1 Å². The van der Waals surface area contributed by atoms with Crippen LogP contribution in [0.3, 0.4) is 0 Å². The monoisotopic (exact) mass is 484 g/mol. The van der Waals surface area contributed by atoms with Gasteiger partial charge in [-0.25, -0.2) is 9.97 Å². The highest BCUT2D eigenvalue weighted by atomic mass is 35.5. The van der Waals surface area contributed by atoms with E-state index in [0.29, 0.717) is 33.9 Å². The van der Waals surface area contributed by atoms with E-state index in [1.54, 1.807) is 30.5 Å². The van der Waals surface area contributed by atoms with Gasteiger partial charge in [-0.3, -0.25) is 5.41 Å². The molecule has 3 aromatic rings. The summed E-state index contributed by atoms with van der Waals surface area (Å²) in [5.74, 6) is 0.183. The maximum atomic E-state index is 13.7. The molecular formula is C23H19Cl2FN6O. The zero-order chi connectivity index (χ0) is 23.5. The van der Waals surface area contributed by atoms with Crippen molar-refractivity contribution in [2.75, 3.05) is 23.7 Å². The van der Waals surface area contributed by atoms with Gasteiger partial charge in [-0.2, -0.15) is 9.65 Å². The minimum absolute atomic E-state index is 0.0981. The topological polar surface area (TPSA) is 112 Å². The van der Waals surface area contributed by atoms with E-state index >= 15 is 0 Å². The average molecular weight is 485 g/mol. The molecule has 0 unspecified atom stereocenters. The fourth-order valence-corrected chi connectivity index (χ4v) is 4.07. The third kappa shape index (κ3) is 4.70. The normalized spacial score (nSPS) is 13.1. The van der Waals surface area contributed by atoms with E-state index in [4.69, 9.17) is 39.1 Å². The lowest BCUT2D eigenvalue weighted by atomic mass is 10.0. The number of rotatable bonds is 6. The number of hydrogen-bond donors (Lipinski definition) is 2. The molecule has 0 aliphatic carbocycles. The molecule has 2 aromatic heterocycles. The average Bonchev–Trinajstić information content (AvgIpc) is 3.36. The number of nitrogens with two attached hydrogens (primary N) is 1. The molecule has 0 saturated carbocycles. The summed E-state index contributed by atoms with van der Waals surface area (Å²) in [5.41, 5.74) is 8.11. The zero-order valence-corrected chi connectivity index (χ0v) is 18.9. The Morgan fingerprint density at radius 3 is 2.70 bits per heavy atom. The molecule has 0 bridgehead atoms. The standard InChI is InChI=1S/C23H19Cl2FN6O/c24-18-11-30-22(26)20(25)17(18)12-33-15-3-4-19(28)16(8-15)21(29)14-7-13(9-27)23(31-10-14)32-5-1-2-6-32/h3-4,7-8,10-11,29H,1-2,5-6,12,28H2. The minimum atomic E-state index is -0.836. The fraction of sp³-hybridized carbons (Fsp3) is 0.217. The number of nitrogen functional groups attached to an aromatic ring is 1. The highest BCUT2D eigenvalue weighted by Gasteiger charge is 2.20. The van der Waals surface area contributed by atoms with Crippen molar-refractivity contribution in [2.45, 2.75) is 19.4 Å². The Morgan fingerprint density at radius 1 is 1.21 bits per heavy atom. The Bertz CT molecular complexity index is 1270. The van der Waals surface area contributed by atoms with E-state index in [1.165, 1.54) is 0 Å². The summed E-state index contributed by atoms with van der Waals surface area (Å²) in [5, 5.41) is 18.2. The van der Waals surface area contributed by atoms with Gasteiger partial charge in [0, 0.05) is 47.9 Å². The van der Waals surface area contributed by atoms with Gasteiger partial charge in [-0.1, -0.05) is 23.2 Å². The van der Waals surface area contributed by atoms with Crippen molar-refractivity contribution in [1.29, 1.82) is 10.7 Å². The summed E-state index contributed by atoms with van der Waals surface area (Å²) >= 11 is 12.0. The molecule has 0 spiro atoms. The van der Waals surface area contributed by atoms with Crippen LogP contribution in [-0.4, -0.2) is 28.8 Å². The molecule has 0 radical (unpaired) electrons. The molecule has 7 nitrogen and oxygen atoms in total. The molecule has 10 heteroatoms. The van der Waals surface area contributed by atoms with Crippen LogP contribution < -0.4 is 15.4 Å². The molecule has 1 fully saturated rings.